The Labute approximate surface area is 72.4 Å². The summed E-state index contributed by atoms with van der Waals surface area (Å²) in [7, 11) is 0. The lowest BCUT2D eigenvalue weighted by molar-refractivity contribution is -0.183. The molecule has 0 heterocycles. The van der Waals surface area contributed by atoms with Crippen molar-refractivity contribution in [2.75, 3.05) is 0 Å². The van der Waals surface area contributed by atoms with Gasteiger partial charge in [-0.3, -0.25) is 4.89 Å². The van der Waals surface area contributed by atoms with E-state index in [0.29, 0.717) is 0 Å². The van der Waals surface area contributed by atoms with Crippen molar-refractivity contribution >= 4 is 5.97 Å². The van der Waals surface area contributed by atoms with Gasteiger partial charge in [0.2, 0.25) is 5.75 Å². The van der Waals surface area contributed by atoms with Crippen LogP contribution in [0.15, 0.2) is 18.2 Å². The standard InChI is InChI=1S/C7H6O6/c8-6-4(7(9)13-11)2-1-3-5(6)12-10/h1-3,8,10-11H. The Morgan fingerprint density at radius 2 is 2.00 bits per heavy atom. The van der Waals surface area contributed by atoms with Crippen LogP contribution in [-0.4, -0.2) is 21.6 Å². The summed E-state index contributed by atoms with van der Waals surface area (Å²) in [6, 6.07) is 3.75. The van der Waals surface area contributed by atoms with E-state index in [2.05, 4.69) is 9.78 Å². The molecule has 0 aliphatic rings. The van der Waals surface area contributed by atoms with Gasteiger partial charge in [0.05, 0.1) is 0 Å². The SMILES string of the molecule is O=C(OO)c1cccc(OO)c1O. The lowest BCUT2D eigenvalue weighted by Gasteiger charge is -2.03. The van der Waals surface area contributed by atoms with Gasteiger partial charge in [0, 0.05) is 0 Å². The summed E-state index contributed by atoms with van der Waals surface area (Å²) < 4.78 is 0. The van der Waals surface area contributed by atoms with Gasteiger partial charge in [-0.15, -0.1) is 0 Å². The molecule has 0 aliphatic carbocycles. The molecule has 6 heteroatoms. The predicted molar refractivity (Wildman–Crippen MR) is 39.4 cm³/mol. The van der Waals surface area contributed by atoms with Gasteiger partial charge in [-0.2, -0.15) is 5.26 Å². The van der Waals surface area contributed by atoms with E-state index in [-0.39, 0.29) is 11.3 Å². The maximum Gasteiger partial charge on any atom is 0.376 e. The Morgan fingerprint density at radius 1 is 1.31 bits per heavy atom. The molecule has 0 amide bonds. The molecule has 0 aliphatic heterocycles. The van der Waals surface area contributed by atoms with Crippen LogP contribution < -0.4 is 4.89 Å². The molecule has 13 heavy (non-hydrogen) atoms. The number of hydrogen-bond donors (Lipinski definition) is 3. The third-order valence-electron chi connectivity index (χ3n) is 1.40. The highest BCUT2D eigenvalue weighted by Gasteiger charge is 2.16. The van der Waals surface area contributed by atoms with E-state index in [1.807, 2.05) is 0 Å². The maximum atomic E-state index is 10.7. The Hall–Kier alpha value is -1.79. The molecule has 6 nitrogen and oxygen atoms in total. The summed E-state index contributed by atoms with van der Waals surface area (Å²) in [6.45, 7) is 0. The van der Waals surface area contributed by atoms with E-state index < -0.39 is 11.7 Å². The number of benzene rings is 1. The van der Waals surface area contributed by atoms with E-state index >= 15 is 0 Å². The molecule has 0 saturated carbocycles. The average molecular weight is 186 g/mol. The van der Waals surface area contributed by atoms with Crippen molar-refractivity contribution in [3.8, 4) is 11.5 Å². The van der Waals surface area contributed by atoms with Gasteiger partial charge in [-0.1, -0.05) is 6.07 Å². The number of rotatable bonds is 2. The predicted octanol–water partition coefficient (Wildman–Crippen LogP) is 0.874. The Morgan fingerprint density at radius 3 is 2.54 bits per heavy atom. The van der Waals surface area contributed by atoms with Gasteiger partial charge in [0.15, 0.2) is 5.75 Å². The molecule has 0 fully saturated rings. The van der Waals surface area contributed by atoms with Crippen LogP contribution in [0, 0.1) is 0 Å². The number of carbonyl (C=O) groups excluding carboxylic acids is 1. The molecular formula is C7H6O6. The van der Waals surface area contributed by atoms with E-state index in [0.717, 1.165) is 0 Å². The van der Waals surface area contributed by atoms with Gasteiger partial charge in [0.1, 0.15) is 5.56 Å². The minimum absolute atomic E-state index is 0.303. The molecule has 0 saturated heterocycles. The van der Waals surface area contributed by atoms with E-state index in [4.69, 9.17) is 10.5 Å². The zero-order chi connectivity index (χ0) is 9.84. The molecule has 1 rings (SSSR count). The van der Waals surface area contributed by atoms with Crippen molar-refractivity contribution in [2.45, 2.75) is 0 Å². The number of hydrogen-bond acceptors (Lipinski definition) is 6. The van der Waals surface area contributed by atoms with Crippen molar-refractivity contribution in [1.82, 2.24) is 0 Å². The normalized spacial score (nSPS) is 9.38. The van der Waals surface area contributed by atoms with Crippen LogP contribution in [0.3, 0.4) is 0 Å². The first kappa shape index (κ1) is 9.30. The topological polar surface area (TPSA) is 96.2 Å². The van der Waals surface area contributed by atoms with Gasteiger partial charge < -0.3 is 9.99 Å². The lowest BCUT2D eigenvalue weighted by Crippen LogP contribution is -2.02. The van der Waals surface area contributed by atoms with Crippen LogP contribution in [0.25, 0.3) is 0 Å². The number of aromatic hydroxyl groups is 1. The second kappa shape index (κ2) is 3.74. The molecule has 0 spiro atoms. The van der Waals surface area contributed by atoms with Crippen molar-refractivity contribution < 1.29 is 30.2 Å². The molecule has 70 valence electrons. The smallest absolute Gasteiger partial charge is 0.376 e. The number of phenols is 1. The first-order valence-corrected chi connectivity index (χ1v) is 3.20. The molecule has 0 radical (unpaired) electrons. The summed E-state index contributed by atoms with van der Waals surface area (Å²) in [5, 5.41) is 25.4. The van der Waals surface area contributed by atoms with Gasteiger partial charge in [0.25, 0.3) is 0 Å². The Balaban J connectivity index is 3.15. The molecule has 0 unspecified atom stereocenters. The second-order valence-electron chi connectivity index (χ2n) is 2.12. The van der Waals surface area contributed by atoms with Crippen molar-refractivity contribution in [3.05, 3.63) is 23.8 Å². The Bertz CT molecular complexity index is 321. The van der Waals surface area contributed by atoms with Crippen LogP contribution in [0.1, 0.15) is 10.4 Å². The summed E-state index contributed by atoms with van der Waals surface area (Å²) in [5.74, 6) is -2.05. The van der Waals surface area contributed by atoms with Crippen LogP contribution >= 0.6 is 0 Å². The second-order valence-corrected chi connectivity index (χ2v) is 2.12. The average Bonchev–Trinajstić information content (AvgIpc) is 2.17. The van der Waals surface area contributed by atoms with Crippen molar-refractivity contribution in [1.29, 1.82) is 0 Å². The van der Waals surface area contributed by atoms with Gasteiger partial charge >= 0.3 is 5.97 Å². The monoisotopic (exact) mass is 186 g/mol. The highest BCUT2D eigenvalue weighted by atomic mass is 17.1. The zero-order valence-electron chi connectivity index (χ0n) is 6.30. The lowest BCUT2D eigenvalue weighted by atomic mass is 10.2. The molecule has 0 aromatic heterocycles. The fraction of sp³-hybridized carbons (Fsp3) is 0. The van der Waals surface area contributed by atoms with E-state index in [1.54, 1.807) is 0 Å². The summed E-state index contributed by atoms with van der Waals surface area (Å²) >= 11 is 0. The number of phenolic OH excluding ortho intramolecular Hbond substituents is 1. The van der Waals surface area contributed by atoms with Crippen LogP contribution in [0.5, 0.6) is 11.5 Å². The molecule has 0 bridgehead atoms. The molecule has 0 atom stereocenters. The van der Waals surface area contributed by atoms with Crippen LogP contribution in [-0.2, 0) is 4.89 Å². The third kappa shape index (κ3) is 1.68. The fourth-order valence-corrected chi connectivity index (χ4v) is 0.810. The summed E-state index contributed by atoms with van der Waals surface area (Å²) in [4.78, 5) is 17.9. The molecule has 1 aromatic carbocycles. The summed E-state index contributed by atoms with van der Waals surface area (Å²) in [5.41, 5.74) is -0.311. The van der Waals surface area contributed by atoms with Crippen LogP contribution in [0.4, 0.5) is 0 Å². The van der Waals surface area contributed by atoms with E-state index in [1.165, 1.54) is 18.2 Å². The quantitative estimate of drug-likeness (QED) is 0.468. The Kier molecular flexibility index (Phi) is 2.68. The number of para-hydroxylation sites is 1. The first-order valence-electron chi connectivity index (χ1n) is 3.20. The highest BCUT2D eigenvalue weighted by Crippen LogP contribution is 2.29. The van der Waals surface area contributed by atoms with E-state index in [9.17, 15) is 9.90 Å². The zero-order valence-corrected chi connectivity index (χ0v) is 6.30. The fourth-order valence-electron chi connectivity index (χ4n) is 0.810. The van der Waals surface area contributed by atoms with Gasteiger partial charge in [-0.25, -0.2) is 10.1 Å². The van der Waals surface area contributed by atoms with Gasteiger partial charge in [-0.05, 0) is 12.1 Å². The van der Waals surface area contributed by atoms with Crippen molar-refractivity contribution in [2.24, 2.45) is 0 Å². The van der Waals surface area contributed by atoms with Crippen molar-refractivity contribution in [3.63, 3.8) is 0 Å². The maximum absolute atomic E-state index is 10.7. The largest absolute Gasteiger partial charge is 0.504 e. The molecule has 3 N–H and O–H groups in total. The number of carbonyl (C=O) groups is 1. The van der Waals surface area contributed by atoms with Crippen LogP contribution in [0.2, 0.25) is 0 Å². The minimum Gasteiger partial charge on any atom is -0.504 e. The molecule has 1 aromatic rings. The minimum atomic E-state index is -1.14. The highest BCUT2D eigenvalue weighted by molar-refractivity contribution is 5.92. The third-order valence-corrected chi connectivity index (χ3v) is 1.40. The molecular weight excluding hydrogens is 180 g/mol. The first-order chi connectivity index (χ1) is 6.20. The summed E-state index contributed by atoms with van der Waals surface area (Å²) in [6.07, 6.45) is 0.